The first-order valence-corrected chi connectivity index (χ1v) is 4.51. The van der Waals surface area contributed by atoms with Crippen molar-refractivity contribution < 1.29 is 13.6 Å². The Bertz CT molecular complexity index is 556. The van der Waals surface area contributed by atoms with E-state index in [9.17, 15) is 13.6 Å². The summed E-state index contributed by atoms with van der Waals surface area (Å²) < 4.78 is 26.0. The molecule has 1 aromatic heterocycles. The predicted molar refractivity (Wildman–Crippen MR) is 55.0 cm³/mol. The zero-order valence-corrected chi connectivity index (χ0v) is 8.26. The Hall–Kier alpha value is -1.49. The molecule has 0 unspecified atom stereocenters. The average molecular weight is 225 g/mol. The average Bonchev–Trinajstić information content (AvgIpc) is 2.23. The van der Waals surface area contributed by atoms with E-state index in [0.29, 0.717) is 5.39 Å². The number of carbonyl (C=O) groups is 1. The van der Waals surface area contributed by atoms with Gasteiger partial charge in [0.1, 0.15) is 5.52 Å². The summed E-state index contributed by atoms with van der Waals surface area (Å²) in [4.78, 5) is 14.6. The number of hydrogen-bond donors (Lipinski definition) is 1. The molecule has 0 amide bonds. The Morgan fingerprint density at radius 3 is 2.73 bits per heavy atom. The van der Waals surface area contributed by atoms with E-state index < -0.39 is 16.7 Å². The standard InChI is InChI=1S/C10H5F2NOS/c11-7-2-1-5-3-6(10(14)15)4-13-9(5)8(7)12/h1-4H,(H,14,15). The van der Waals surface area contributed by atoms with Crippen LogP contribution in [0.1, 0.15) is 10.4 Å². The minimum Gasteiger partial charge on any atom is -0.282 e. The number of hydrogen-bond acceptors (Lipinski definition) is 2. The molecule has 1 aromatic carbocycles. The summed E-state index contributed by atoms with van der Waals surface area (Å²) in [5.41, 5.74) is 0.158. The van der Waals surface area contributed by atoms with Crippen molar-refractivity contribution in [2.24, 2.45) is 0 Å². The molecule has 0 bridgehead atoms. The van der Waals surface area contributed by atoms with Crippen molar-refractivity contribution in [2.45, 2.75) is 0 Å². The van der Waals surface area contributed by atoms with Crippen LogP contribution in [0.15, 0.2) is 24.4 Å². The van der Waals surface area contributed by atoms with Gasteiger partial charge in [0, 0.05) is 17.1 Å². The highest BCUT2D eigenvalue weighted by Gasteiger charge is 2.09. The van der Waals surface area contributed by atoms with E-state index in [1.807, 2.05) is 0 Å². The van der Waals surface area contributed by atoms with Crippen molar-refractivity contribution in [1.29, 1.82) is 0 Å². The topological polar surface area (TPSA) is 30.0 Å². The van der Waals surface area contributed by atoms with E-state index in [2.05, 4.69) is 17.6 Å². The monoisotopic (exact) mass is 225 g/mol. The molecule has 0 aliphatic carbocycles. The fourth-order valence-electron chi connectivity index (χ4n) is 1.26. The number of nitrogens with zero attached hydrogens (tertiary/aromatic N) is 1. The van der Waals surface area contributed by atoms with Crippen LogP contribution in [0.5, 0.6) is 0 Å². The van der Waals surface area contributed by atoms with Gasteiger partial charge in [0.05, 0.1) is 0 Å². The summed E-state index contributed by atoms with van der Waals surface area (Å²) in [7, 11) is 0. The zero-order valence-electron chi connectivity index (χ0n) is 7.37. The van der Waals surface area contributed by atoms with Crippen LogP contribution in [0, 0.1) is 11.6 Å². The maximum absolute atomic E-state index is 13.2. The molecule has 0 aliphatic heterocycles. The molecule has 2 nitrogen and oxygen atoms in total. The lowest BCUT2D eigenvalue weighted by atomic mass is 10.1. The zero-order chi connectivity index (χ0) is 11.0. The van der Waals surface area contributed by atoms with Crippen molar-refractivity contribution in [1.82, 2.24) is 4.98 Å². The van der Waals surface area contributed by atoms with E-state index in [1.54, 1.807) is 0 Å². The first-order valence-electron chi connectivity index (χ1n) is 4.06. The molecule has 5 heteroatoms. The Morgan fingerprint density at radius 2 is 2.07 bits per heavy atom. The number of fused-ring (bicyclic) bond motifs is 1. The van der Waals surface area contributed by atoms with Crippen LogP contribution in [0.2, 0.25) is 0 Å². The molecular weight excluding hydrogens is 220 g/mol. The third-order valence-electron chi connectivity index (χ3n) is 1.99. The molecule has 76 valence electrons. The van der Waals surface area contributed by atoms with Gasteiger partial charge >= 0.3 is 0 Å². The number of carbonyl (C=O) groups excluding carboxylic acids is 1. The van der Waals surface area contributed by atoms with E-state index in [4.69, 9.17) is 0 Å². The molecule has 2 aromatic rings. The van der Waals surface area contributed by atoms with Gasteiger partial charge in [-0.1, -0.05) is 0 Å². The summed E-state index contributed by atoms with van der Waals surface area (Å²) in [6.07, 6.45) is 1.17. The molecular formula is C10H5F2NOS. The van der Waals surface area contributed by atoms with Crippen LogP contribution in [0.3, 0.4) is 0 Å². The second-order valence-corrected chi connectivity index (χ2v) is 3.37. The second-order valence-electron chi connectivity index (χ2n) is 2.96. The highest BCUT2D eigenvalue weighted by atomic mass is 32.1. The van der Waals surface area contributed by atoms with Gasteiger partial charge in [-0.15, -0.1) is 12.6 Å². The molecule has 0 spiro atoms. The largest absolute Gasteiger partial charge is 0.282 e. The van der Waals surface area contributed by atoms with Crippen LogP contribution < -0.4 is 0 Å². The molecule has 0 aliphatic rings. The fourth-order valence-corrected chi connectivity index (χ4v) is 1.38. The van der Waals surface area contributed by atoms with Crippen LogP contribution >= 0.6 is 12.6 Å². The third kappa shape index (κ3) is 1.70. The van der Waals surface area contributed by atoms with Gasteiger partial charge in [-0.2, -0.15) is 0 Å². The molecule has 0 fully saturated rings. The van der Waals surface area contributed by atoms with E-state index in [-0.39, 0.29) is 11.1 Å². The second kappa shape index (κ2) is 3.58. The number of benzene rings is 1. The van der Waals surface area contributed by atoms with E-state index >= 15 is 0 Å². The molecule has 0 radical (unpaired) electrons. The summed E-state index contributed by atoms with van der Waals surface area (Å²) in [5.74, 6) is -1.97. The quantitative estimate of drug-likeness (QED) is 0.756. The third-order valence-corrected chi connectivity index (χ3v) is 2.25. The van der Waals surface area contributed by atoms with E-state index in [0.717, 1.165) is 6.07 Å². The lowest BCUT2D eigenvalue weighted by Gasteiger charge is -2.01. The van der Waals surface area contributed by atoms with Crippen LogP contribution in [0.25, 0.3) is 10.9 Å². The normalized spacial score (nSPS) is 10.6. The minimum absolute atomic E-state index is 0.0895. The molecule has 1 heterocycles. The van der Waals surface area contributed by atoms with Gasteiger partial charge in [-0.25, -0.2) is 8.78 Å². The molecule has 0 saturated carbocycles. The van der Waals surface area contributed by atoms with Crippen molar-refractivity contribution in [2.75, 3.05) is 0 Å². The van der Waals surface area contributed by atoms with Crippen LogP contribution in [-0.2, 0) is 0 Å². The Balaban J connectivity index is 2.75. The van der Waals surface area contributed by atoms with Crippen molar-refractivity contribution in [3.8, 4) is 0 Å². The Labute approximate surface area is 89.3 Å². The van der Waals surface area contributed by atoms with Crippen LogP contribution in [0.4, 0.5) is 8.78 Å². The van der Waals surface area contributed by atoms with Crippen molar-refractivity contribution in [3.05, 3.63) is 41.6 Å². The number of rotatable bonds is 1. The Morgan fingerprint density at radius 1 is 1.33 bits per heavy atom. The fraction of sp³-hybridized carbons (Fsp3) is 0. The molecule has 15 heavy (non-hydrogen) atoms. The molecule has 0 N–H and O–H groups in total. The number of aromatic nitrogens is 1. The number of pyridine rings is 1. The minimum atomic E-state index is -1.01. The smallest absolute Gasteiger partial charge is 0.217 e. The summed E-state index contributed by atoms with van der Waals surface area (Å²) in [6, 6.07) is 3.77. The predicted octanol–water partition coefficient (Wildman–Crippen LogP) is 2.58. The highest BCUT2D eigenvalue weighted by Crippen LogP contribution is 2.19. The summed E-state index contributed by atoms with van der Waals surface area (Å²) in [6.45, 7) is 0. The summed E-state index contributed by atoms with van der Waals surface area (Å²) in [5, 5.41) is -0.0945. The SMILES string of the molecule is O=C(S)c1cnc2c(F)c(F)ccc2c1. The van der Waals surface area contributed by atoms with E-state index in [1.165, 1.54) is 18.3 Å². The Kier molecular flexibility index (Phi) is 2.40. The van der Waals surface area contributed by atoms with Gasteiger partial charge in [-0.05, 0) is 18.2 Å². The first kappa shape index (κ1) is 10.0. The summed E-state index contributed by atoms with van der Waals surface area (Å²) >= 11 is 3.61. The van der Waals surface area contributed by atoms with Crippen molar-refractivity contribution in [3.63, 3.8) is 0 Å². The van der Waals surface area contributed by atoms with Crippen molar-refractivity contribution >= 4 is 28.6 Å². The van der Waals surface area contributed by atoms with Crippen LogP contribution in [-0.4, -0.2) is 10.1 Å². The van der Waals surface area contributed by atoms with Gasteiger partial charge in [0.2, 0.25) is 5.12 Å². The maximum atomic E-state index is 13.2. The lowest BCUT2D eigenvalue weighted by molar-refractivity contribution is 0.109. The van der Waals surface area contributed by atoms with Gasteiger partial charge in [0.25, 0.3) is 0 Å². The van der Waals surface area contributed by atoms with Gasteiger partial charge in [-0.3, -0.25) is 9.78 Å². The number of thiol groups is 1. The van der Waals surface area contributed by atoms with Gasteiger partial charge in [0.15, 0.2) is 11.6 Å². The molecule has 0 saturated heterocycles. The maximum Gasteiger partial charge on any atom is 0.217 e. The first-order chi connectivity index (χ1) is 7.09. The lowest BCUT2D eigenvalue weighted by Crippen LogP contribution is -1.94. The highest BCUT2D eigenvalue weighted by molar-refractivity contribution is 7.97. The molecule has 2 rings (SSSR count). The van der Waals surface area contributed by atoms with Gasteiger partial charge < -0.3 is 0 Å². The molecule has 0 atom stereocenters. The number of halogens is 2.